The highest BCUT2D eigenvalue weighted by molar-refractivity contribution is 6.27. The van der Waals surface area contributed by atoms with Crippen LogP contribution in [-0.2, 0) is 16.6 Å². The molecule has 72 valence electrons. The van der Waals surface area contributed by atoms with Crippen molar-refractivity contribution in [3.8, 4) is 0 Å². The van der Waals surface area contributed by atoms with Gasteiger partial charge in [-0.25, -0.2) is 14.6 Å². The van der Waals surface area contributed by atoms with Crippen LogP contribution < -0.4 is 5.73 Å². The minimum Gasteiger partial charge on any atom is -0.473 e. The Kier molecular flexibility index (Phi) is 4.00. The molecule has 0 atom stereocenters. The first kappa shape index (κ1) is 11.0. The van der Waals surface area contributed by atoms with Gasteiger partial charge in [-0.2, -0.15) is 0 Å². The molecule has 0 amide bonds. The number of carbonyl (C=O) groups is 2. The SMILES string of the molecule is Cn1cncc1N.O=C(O)C(=O)O. The van der Waals surface area contributed by atoms with Gasteiger partial charge in [-0.05, 0) is 0 Å². The Labute approximate surface area is 73.4 Å². The first-order chi connectivity index (χ1) is 5.95. The fraction of sp³-hybridized carbons (Fsp3) is 0.167. The van der Waals surface area contributed by atoms with Crippen LogP contribution in [0, 0.1) is 0 Å². The summed E-state index contributed by atoms with van der Waals surface area (Å²) in [5, 5.41) is 14.8. The maximum atomic E-state index is 9.10. The molecule has 1 rings (SSSR count). The number of rotatable bonds is 0. The molecule has 1 aromatic heterocycles. The van der Waals surface area contributed by atoms with Gasteiger partial charge in [0.2, 0.25) is 0 Å². The van der Waals surface area contributed by atoms with Crippen LogP contribution in [-0.4, -0.2) is 31.7 Å². The highest BCUT2D eigenvalue weighted by Gasteiger charge is 2.04. The number of carboxylic acids is 2. The van der Waals surface area contributed by atoms with E-state index in [4.69, 9.17) is 25.5 Å². The second-order valence-electron chi connectivity index (χ2n) is 2.04. The zero-order valence-corrected chi connectivity index (χ0v) is 6.84. The second kappa shape index (κ2) is 4.75. The van der Waals surface area contributed by atoms with E-state index >= 15 is 0 Å². The molecule has 13 heavy (non-hydrogen) atoms. The smallest absolute Gasteiger partial charge is 0.414 e. The molecular formula is C6H9N3O4. The van der Waals surface area contributed by atoms with E-state index in [1.54, 1.807) is 17.1 Å². The Morgan fingerprint density at radius 1 is 1.46 bits per heavy atom. The van der Waals surface area contributed by atoms with Gasteiger partial charge in [0.05, 0.1) is 12.5 Å². The summed E-state index contributed by atoms with van der Waals surface area (Å²) in [6.45, 7) is 0. The summed E-state index contributed by atoms with van der Waals surface area (Å²) >= 11 is 0. The topological polar surface area (TPSA) is 118 Å². The van der Waals surface area contributed by atoms with Crippen LogP contribution in [0.3, 0.4) is 0 Å². The van der Waals surface area contributed by atoms with Crippen molar-refractivity contribution in [2.24, 2.45) is 7.05 Å². The number of hydrogen-bond donors (Lipinski definition) is 3. The van der Waals surface area contributed by atoms with Crippen LogP contribution in [0.4, 0.5) is 5.82 Å². The number of nitrogen functional groups attached to an aromatic ring is 1. The maximum absolute atomic E-state index is 9.10. The van der Waals surface area contributed by atoms with Gasteiger partial charge < -0.3 is 20.5 Å². The Morgan fingerprint density at radius 3 is 2.00 bits per heavy atom. The van der Waals surface area contributed by atoms with Crippen LogP contribution >= 0.6 is 0 Å². The molecule has 1 aromatic rings. The lowest BCUT2D eigenvalue weighted by Gasteiger charge is -1.87. The van der Waals surface area contributed by atoms with Crippen LogP contribution in [0.1, 0.15) is 0 Å². The summed E-state index contributed by atoms with van der Waals surface area (Å²) in [5.74, 6) is -2.95. The zero-order chi connectivity index (χ0) is 10.4. The summed E-state index contributed by atoms with van der Waals surface area (Å²) in [5.41, 5.74) is 5.34. The number of hydrogen-bond acceptors (Lipinski definition) is 4. The molecule has 0 radical (unpaired) electrons. The Balaban J connectivity index is 0.000000226. The van der Waals surface area contributed by atoms with Gasteiger partial charge in [0.15, 0.2) is 0 Å². The van der Waals surface area contributed by atoms with E-state index in [2.05, 4.69) is 4.98 Å². The van der Waals surface area contributed by atoms with E-state index in [0.717, 1.165) is 0 Å². The summed E-state index contributed by atoms with van der Waals surface area (Å²) in [6.07, 6.45) is 3.27. The predicted octanol–water partition coefficient (Wildman–Crippen LogP) is -0.842. The van der Waals surface area contributed by atoms with Gasteiger partial charge in [0.1, 0.15) is 5.82 Å². The number of aliphatic carboxylic acids is 2. The van der Waals surface area contributed by atoms with Gasteiger partial charge in [-0.15, -0.1) is 0 Å². The number of aryl methyl sites for hydroxylation is 1. The molecule has 0 aliphatic carbocycles. The molecule has 0 fully saturated rings. The van der Waals surface area contributed by atoms with Gasteiger partial charge in [0.25, 0.3) is 0 Å². The molecule has 7 nitrogen and oxygen atoms in total. The molecule has 0 aliphatic rings. The Bertz CT molecular complexity index is 278. The number of aromatic nitrogens is 2. The normalized spacial score (nSPS) is 8.38. The fourth-order valence-electron chi connectivity index (χ4n) is 0.367. The maximum Gasteiger partial charge on any atom is 0.414 e. The van der Waals surface area contributed by atoms with Gasteiger partial charge >= 0.3 is 11.9 Å². The van der Waals surface area contributed by atoms with Crippen LogP contribution in [0.25, 0.3) is 0 Å². The van der Waals surface area contributed by atoms with Crippen LogP contribution in [0.2, 0.25) is 0 Å². The lowest BCUT2D eigenvalue weighted by atomic mass is 10.7. The van der Waals surface area contributed by atoms with E-state index in [0.29, 0.717) is 5.82 Å². The molecule has 7 heteroatoms. The summed E-state index contributed by atoms with van der Waals surface area (Å²) in [7, 11) is 1.85. The number of imidazole rings is 1. The summed E-state index contributed by atoms with van der Waals surface area (Å²) in [6, 6.07) is 0. The summed E-state index contributed by atoms with van der Waals surface area (Å²) in [4.78, 5) is 22.0. The quantitative estimate of drug-likeness (QED) is 0.455. The third-order valence-electron chi connectivity index (χ3n) is 1.04. The van der Waals surface area contributed by atoms with E-state index in [-0.39, 0.29) is 0 Å². The van der Waals surface area contributed by atoms with E-state index < -0.39 is 11.9 Å². The van der Waals surface area contributed by atoms with Gasteiger partial charge in [0, 0.05) is 7.05 Å². The third kappa shape index (κ3) is 4.40. The lowest BCUT2D eigenvalue weighted by Crippen LogP contribution is -2.09. The number of nitrogens with zero attached hydrogens (tertiary/aromatic N) is 2. The van der Waals surface area contributed by atoms with Gasteiger partial charge in [-0.3, -0.25) is 0 Å². The fourth-order valence-corrected chi connectivity index (χ4v) is 0.367. The second-order valence-corrected chi connectivity index (χ2v) is 2.04. The Hall–Kier alpha value is -2.05. The van der Waals surface area contributed by atoms with E-state index in [1.165, 1.54) is 0 Å². The van der Waals surface area contributed by atoms with Crippen molar-refractivity contribution in [1.29, 1.82) is 0 Å². The molecular weight excluding hydrogens is 178 g/mol. The molecule has 0 saturated carbocycles. The van der Waals surface area contributed by atoms with Crippen molar-refractivity contribution >= 4 is 17.8 Å². The van der Waals surface area contributed by atoms with Crippen molar-refractivity contribution in [2.45, 2.75) is 0 Å². The van der Waals surface area contributed by atoms with Crippen molar-refractivity contribution < 1.29 is 19.8 Å². The van der Waals surface area contributed by atoms with Crippen LogP contribution in [0.15, 0.2) is 12.5 Å². The highest BCUT2D eigenvalue weighted by atomic mass is 16.4. The first-order valence-electron chi connectivity index (χ1n) is 3.13. The highest BCUT2D eigenvalue weighted by Crippen LogP contribution is 1.92. The molecule has 0 bridgehead atoms. The minimum atomic E-state index is -1.82. The van der Waals surface area contributed by atoms with Crippen molar-refractivity contribution in [1.82, 2.24) is 9.55 Å². The zero-order valence-electron chi connectivity index (χ0n) is 6.84. The molecule has 4 N–H and O–H groups in total. The van der Waals surface area contributed by atoms with E-state index in [1.807, 2.05) is 7.05 Å². The molecule has 0 spiro atoms. The monoisotopic (exact) mass is 187 g/mol. The van der Waals surface area contributed by atoms with E-state index in [9.17, 15) is 0 Å². The minimum absolute atomic E-state index is 0.694. The Morgan fingerprint density at radius 2 is 1.92 bits per heavy atom. The van der Waals surface area contributed by atoms with Crippen molar-refractivity contribution in [3.63, 3.8) is 0 Å². The lowest BCUT2D eigenvalue weighted by molar-refractivity contribution is -0.159. The van der Waals surface area contributed by atoms with Crippen molar-refractivity contribution in [3.05, 3.63) is 12.5 Å². The number of anilines is 1. The molecule has 0 aromatic carbocycles. The molecule has 0 aliphatic heterocycles. The predicted molar refractivity (Wildman–Crippen MR) is 42.9 cm³/mol. The summed E-state index contributed by atoms with van der Waals surface area (Å²) < 4.78 is 1.75. The number of nitrogens with two attached hydrogens (primary N) is 1. The number of carboxylic acid groups (broad SMARTS) is 2. The molecule has 1 heterocycles. The molecule has 0 saturated heterocycles. The van der Waals surface area contributed by atoms with Crippen LogP contribution in [0.5, 0.6) is 0 Å². The largest absolute Gasteiger partial charge is 0.473 e. The third-order valence-corrected chi connectivity index (χ3v) is 1.04. The van der Waals surface area contributed by atoms with Gasteiger partial charge in [-0.1, -0.05) is 0 Å². The average Bonchev–Trinajstić information content (AvgIpc) is 2.37. The molecule has 0 unspecified atom stereocenters. The van der Waals surface area contributed by atoms with Crippen molar-refractivity contribution in [2.75, 3.05) is 5.73 Å². The first-order valence-corrected chi connectivity index (χ1v) is 3.13. The standard InChI is InChI=1S/C4H7N3.C2H2O4/c1-7-3-6-2-4(7)5;3-1(4)2(5)6/h2-3H,5H2,1H3;(H,3,4)(H,5,6). The average molecular weight is 187 g/mol.